The summed E-state index contributed by atoms with van der Waals surface area (Å²) in [5, 5.41) is 23.8. The van der Waals surface area contributed by atoms with Crippen LogP contribution in [-0.2, 0) is 4.79 Å². The maximum atomic E-state index is 11.0. The molecule has 112 valence electrons. The zero-order chi connectivity index (χ0) is 15.5. The minimum absolute atomic E-state index is 0.00878. The van der Waals surface area contributed by atoms with Gasteiger partial charge in [0, 0.05) is 6.04 Å². The summed E-state index contributed by atoms with van der Waals surface area (Å²) in [6.45, 7) is 5.93. The summed E-state index contributed by atoms with van der Waals surface area (Å²) >= 11 is 0. The molecule has 7 heteroatoms. The molecule has 21 heavy (non-hydrogen) atoms. The second kappa shape index (κ2) is 5.90. The SMILES string of the molecule is CC(C)(C)C(CC(=O)O)Nc1nnnn1-c1ccccc1. The van der Waals surface area contributed by atoms with Crippen molar-refractivity contribution >= 4 is 11.9 Å². The van der Waals surface area contributed by atoms with Crippen LogP contribution in [-0.4, -0.2) is 37.3 Å². The van der Waals surface area contributed by atoms with E-state index in [1.807, 2.05) is 51.1 Å². The number of nitrogens with one attached hydrogen (secondary N) is 1. The average molecular weight is 289 g/mol. The standard InChI is InChI=1S/C14H19N5O2/c1-14(2,3)11(9-12(20)21)15-13-16-17-18-19(13)10-7-5-4-6-8-10/h4-8,11H,9H2,1-3H3,(H,20,21)(H,15,16,18). The number of anilines is 1. The van der Waals surface area contributed by atoms with E-state index in [1.165, 1.54) is 0 Å². The summed E-state index contributed by atoms with van der Waals surface area (Å²) in [5.74, 6) is -0.427. The van der Waals surface area contributed by atoms with Gasteiger partial charge in [0.15, 0.2) is 0 Å². The van der Waals surface area contributed by atoms with Crippen molar-refractivity contribution in [1.82, 2.24) is 20.2 Å². The van der Waals surface area contributed by atoms with Gasteiger partial charge in [0.25, 0.3) is 0 Å². The molecule has 0 aliphatic carbocycles. The number of para-hydroxylation sites is 1. The topological polar surface area (TPSA) is 92.9 Å². The third-order valence-electron chi connectivity index (χ3n) is 3.20. The number of nitrogens with zero attached hydrogens (tertiary/aromatic N) is 4. The largest absolute Gasteiger partial charge is 0.481 e. The van der Waals surface area contributed by atoms with Crippen molar-refractivity contribution in [2.24, 2.45) is 5.41 Å². The van der Waals surface area contributed by atoms with E-state index >= 15 is 0 Å². The summed E-state index contributed by atoms with van der Waals surface area (Å²) in [6.07, 6.45) is -0.00878. The number of aromatic nitrogens is 4. The molecule has 0 radical (unpaired) electrons. The van der Waals surface area contributed by atoms with Crippen LogP contribution < -0.4 is 5.32 Å². The van der Waals surface area contributed by atoms with Crippen LogP contribution in [0.25, 0.3) is 5.69 Å². The summed E-state index contributed by atoms with van der Waals surface area (Å²) < 4.78 is 1.56. The molecule has 0 fully saturated rings. The van der Waals surface area contributed by atoms with Crippen molar-refractivity contribution in [3.05, 3.63) is 30.3 Å². The molecule has 1 aromatic heterocycles. The van der Waals surface area contributed by atoms with Crippen molar-refractivity contribution < 1.29 is 9.90 Å². The van der Waals surface area contributed by atoms with Gasteiger partial charge in [0.2, 0.25) is 5.95 Å². The van der Waals surface area contributed by atoms with E-state index in [1.54, 1.807) is 4.68 Å². The van der Waals surface area contributed by atoms with Crippen LogP contribution in [0.4, 0.5) is 5.95 Å². The monoisotopic (exact) mass is 289 g/mol. The fraction of sp³-hybridized carbons (Fsp3) is 0.429. The fourth-order valence-corrected chi connectivity index (χ4v) is 1.92. The number of hydrogen-bond donors (Lipinski definition) is 2. The Kier molecular flexibility index (Phi) is 4.21. The van der Waals surface area contributed by atoms with E-state index in [9.17, 15) is 4.79 Å². The van der Waals surface area contributed by atoms with Gasteiger partial charge in [0.05, 0.1) is 12.1 Å². The minimum atomic E-state index is -0.860. The Morgan fingerprint density at radius 3 is 2.57 bits per heavy atom. The Hall–Kier alpha value is -2.44. The van der Waals surface area contributed by atoms with Crippen molar-refractivity contribution in [3.63, 3.8) is 0 Å². The maximum Gasteiger partial charge on any atom is 0.305 e. The van der Waals surface area contributed by atoms with Crippen molar-refractivity contribution in [2.75, 3.05) is 5.32 Å². The summed E-state index contributed by atoms with van der Waals surface area (Å²) in [6, 6.07) is 9.15. The molecule has 0 saturated heterocycles. The Morgan fingerprint density at radius 2 is 2.00 bits per heavy atom. The molecule has 1 atom stereocenters. The van der Waals surface area contributed by atoms with Gasteiger partial charge in [-0.05, 0) is 28.0 Å². The molecule has 7 nitrogen and oxygen atoms in total. The Balaban J connectivity index is 2.27. The summed E-state index contributed by atoms with van der Waals surface area (Å²) in [7, 11) is 0. The smallest absolute Gasteiger partial charge is 0.305 e. The van der Waals surface area contributed by atoms with E-state index in [2.05, 4.69) is 20.8 Å². The molecule has 2 rings (SSSR count). The van der Waals surface area contributed by atoms with Crippen molar-refractivity contribution in [3.8, 4) is 5.69 Å². The van der Waals surface area contributed by atoms with Crippen LogP contribution in [0.15, 0.2) is 30.3 Å². The molecular weight excluding hydrogens is 270 g/mol. The summed E-state index contributed by atoms with van der Waals surface area (Å²) in [4.78, 5) is 11.0. The number of aliphatic carboxylic acids is 1. The third kappa shape index (κ3) is 3.77. The second-order valence-electron chi connectivity index (χ2n) is 5.91. The highest BCUT2D eigenvalue weighted by Crippen LogP contribution is 2.25. The first-order chi connectivity index (χ1) is 9.88. The fourth-order valence-electron chi connectivity index (χ4n) is 1.92. The molecule has 1 aromatic carbocycles. The normalized spacial score (nSPS) is 12.9. The number of tetrazole rings is 1. The van der Waals surface area contributed by atoms with Gasteiger partial charge in [-0.1, -0.05) is 44.1 Å². The molecule has 2 aromatic rings. The highest BCUT2D eigenvalue weighted by Gasteiger charge is 2.28. The highest BCUT2D eigenvalue weighted by atomic mass is 16.4. The van der Waals surface area contributed by atoms with Gasteiger partial charge >= 0.3 is 5.97 Å². The quantitative estimate of drug-likeness (QED) is 0.874. The van der Waals surface area contributed by atoms with E-state index in [4.69, 9.17) is 5.11 Å². The molecule has 0 aliphatic heterocycles. The van der Waals surface area contributed by atoms with Crippen LogP contribution in [0.3, 0.4) is 0 Å². The number of carbonyl (C=O) groups is 1. The number of benzene rings is 1. The Labute approximate surface area is 123 Å². The molecule has 0 aliphatic rings. The Morgan fingerprint density at radius 1 is 1.33 bits per heavy atom. The third-order valence-corrected chi connectivity index (χ3v) is 3.20. The van der Waals surface area contributed by atoms with Crippen LogP contribution in [0.5, 0.6) is 0 Å². The van der Waals surface area contributed by atoms with Crippen LogP contribution >= 0.6 is 0 Å². The van der Waals surface area contributed by atoms with Crippen molar-refractivity contribution in [1.29, 1.82) is 0 Å². The van der Waals surface area contributed by atoms with Gasteiger partial charge in [-0.25, -0.2) is 0 Å². The minimum Gasteiger partial charge on any atom is -0.481 e. The number of rotatable bonds is 5. The molecule has 0 saturated carbocycles. The van der Waals surface area contributed by atoms with Gasteiger partial charge in [-0.15, -0.1) is 0 Å². The molecule has 0 amide bonds. The van der Waals surface area contributed by atoms with E-state index in [0.717, 1.165) is 5.69 Å². The first-order valence-electron chi connectivity index (χ1n) is 6.70. The number of hydrogen-bond acceptors (Lipinski definition) is 5. The second-order valence-corrected chi connectivity index (χ2v) is 5.91. The molecule has 0 bridgehead atoms. The summed E-state index contributed by atoms with van der Waals surface area (Å²) in [5.41, 5.74) is 0.569. The number of carboxylic acid groups (broad SMARTS) is 1. The lowest BCUT2D eigenvalue weighted by Crippen LogP contribution is -2.37. The predicted octanol–water partition coefficient (Wildman–Crippen LogP) is 1.96. The maximum absolute atomic E-state index is 11.0. The lowest BCUT2D eigenvalue weighted by Gasteiger charge is -2.30. The molecule has 2 N–H and O–H groups in total. The van der Waals surface area contributed by atoms with Gasteiger partial charge in [-0.2, -0.15) is 4.68 Å². The van der Waals surface area contributed by atoms with Crippen LogP contribution in [0, 0.1) is 5.41 Å². The predicted molar refractivity (Wildman–Crippen MR) is 78.3 cm³/mol. The van der Waals surface area contributed by atoms with Crippen molar-refractivity contribution in [2.45, 2.75) is 33.2 Å². The zero-order valence-corrected chi connectivity index (χ0v) is 12.3. The lowest BCUT2D eigenvalue weighted by molar-refractivity contribution is -0.137. The Bertz CT molecular complexity index is 603. The lowest BCUT2D eigenvalue weighted by atomic mass is 9.85. The molecule has 1 heterocycles. The van der Waals surface area contributed by atoms with Crippen LogP contribution in [0.1, 0.15) is 27.2 Å². The molecular formula is C14H19N5O2. The average Bonchev–Trinajstić information content (AvgIpc) is 2.85. The van der Waals surface area contributed by atoms with Gasteiger partial charge in [-0.3, -0.25) is 4.79 Å². The van der Waals surface area contributed by atoms with Gasteiger partial charge < -0.3 is 10.4 Å². The number of carboxylic acids is 1. The zero-order valence-electron chi connectivity index (χ0n) is 12.3. The van der Waals surface area contributed by atoms with E-state index in [-0.39, 0.29) is 17.9 Å². The molecule has 0 spiro atoms. The van der Waals surface area contributed by atoms with Crippen LogP contribution in [0.2, 0.25) is 0 Å². The first kappa shape index (κ1) is 15.0. The highest BCUT2D eigenvalue weighted by molar-refractivity contribution is 5.68. The van der Waals surface area contributed by atoms with Gasteiger partial charge in [0.1, 0.15) is 0 Å². The molecule has 1 unspecified atom stereocenters. The van der Waals surface area contributed by atoms with E-state index < -0.39 is 5.97 Å². The first-order valence-corrected chi connectivity index (χ1v) is 6.70. The van der Waals surface area contributed by atoms with E-state index in [0.29, 0.717) is 5.95 Å².